The fourth-order valence-corrected chi connectivity index (χ4v) is 3.29. The largest absolute Gasteiger partial charge is 0.459 e. The van der Waals surface area contributed by atoms with Gasteiger partial charge in [0.15, 0.2) is 11.5 Å². The first-order valence-electron chi connectivity index (χ1n) is 9.85. The predicted octanol–water partition coefficient (Wildman–Crippen LogP) is 7.36. The van der Waals surface area contributed by atoms with Crippen LogP contribution in [-0.2, 0) is 6.18 Å². The molecule has 34 heavy (non-hydrogen) atoms. The molecule has 1 amide bonds. The SMILES string of the molecule is O=C(/C=C/c1ccc(-c2cc(C(F)(F)F)ccc2Cl)o1)c1cccc(NC(=O)c2ccco2)c1. The van der Waals surface area contributed by atoms with E-state index in [2.05, 4.69) is 5.32 Å². The topological polar surface area (TPSA) is 72.5 Å². The molecule has 0 fully saturated rings. The lowest BCUT2D eigenvalue weighted by atomic mass is 10.1. The van der Waals surface area contributed by atoms with Crippen LogP contribution in [0.5, 0.6) is 0 Å². The number of rotatable bonds is 6. The number of carbonyl (C=O) groups excluding carboxylic acids is 2. The third kappa shape index (κ3) is 5.29. The molecule has 2 aromatic heterocycles. The Kier molecular flexibility index (Phi) is 6.43. The van der Waals surface area contributed by atoms with Crippen LogP contribution in [0.15, 0.2) is 87.9 Å². The summed E-state index contributed by atoms with van der Waals surface area (Å²) in [6.45, 7) is 0. The highest BCUT2D eigenvalue weighted by molar-refractivity contribution is 6.33. The average Bonchev–Trinajstić information content (AvgIpc) is 3.50. The standard InChI is InChI=1S/C25H15ClF3NO4/c26-20-9-6-16(25(27,28)29)14-19(20)22-11-8-18(34-22)7-10-21(31)15-3-1-4-17(13-15)30-24(32)23-5-2-12-33-23/h1-14H,(H,30,32)/b10-7+. The van der Waals surface area contributed by atoms with Crippen LogP contribution >= 0.6 is 11.6 Å². The smallest absolute Gasteiger partial charge is 0.416 e. The Morgan fingerprint density at radius 3 is 2.53 bits per heavy atom. The number of furan rings is 2. The maximum atomic E-state index is 13.0. The van der Waals surface area contributed by atoms with E-state index in [1.54, 1.807) is 24.3 Å². The number of allylic oxidation sites excluding steroid dienone is 1. The number of amides is 1. The number of benzene rings is 2. The molecule has 0 atom stereocenters. The van der Waals surface area contributed by atoms with Gasteiger partial charge in [-0.1, -0.05) is 23.7 Å². The van der Waals surface area contributed by atoms with Crippen LogP contribution in [0.1, 0.15) is 32.2 Å². The molecule has 4 aromatic rings. The summed E-state index contributed by atoms with van der Waals surface area (Å²) in [5.41, 5.74) is -0.0571. The molecule has 9 heteroatoms. The van der Waals surface area contributed by atoms with Crippen LogP contribution in [0.3, 0.4) is 0 Å². The van der Waals surface area contributed by atoms with Crippen molar-refractivity contribution in [3.05, 3.63) is 107 Å². The van der Waals surface area contributed by atoms with Crippen molar-refractivity contribution in [3.8, 4) is 11.3 Å². The molecule has 1 N–H and O–H groups in total. The summed E-state index contributed by atoms with van der Waals surface area (Å²) >= 11 is 6.05. The normalized spacial score (nSPS) is 11.6. The monoisotopic (exact) mass is 485 g/mol. The fraction of sp³-hybridized carbons (Fsp3) is 0.0400. The molecule has 172 valence electrons. The van der Waals surface area contributed by atoms with E-state index in [9.17, 15) is 22.8 Å². The Labute approximate surface area is 196 Å². The Morgan fingerprint density at radius 1 is 0.971 bits per heavy atom. The molecule has 0 saturated heterocycles. The third-order valence-electron chi connectivity index (χ3n) is 4.73. The van der Waals surface area contributed by atoms with Gasteiger partial charge in [0.05, 0.1) is 16.8 Å². The molecule has 0 bridgehead atoms. The Bertz CT molecular complexity index is 1370. The highest BCUT2D eigenvalue weighted by atomic mass is 35.5. The maximum Gasteiger partial charge on any atom is 0.416 e. The number of halogens is 4. The van der Waals surface area contributed by atoms with Crippen molar-refractivity contribution in [2.45, 2.75) is 6.18 Å². The summed E-state index contributed by atoms with van der Waals surface area (Å²) in [4.78, 5) is 24.7. The van der Waals surface area contributed by atoms with Crippen LogP contribution in [0.25, 0.3) is 17.4 Å². The zero-order chi connectivity index (χ0) is 24.3. The van der Waals surface area contributed by atoms with Gasteiger partial charge in [0.25, 0.3) is 5.91 Å². The van der Waals surface area contributed by atoms with Gasteiger partial charge in [0, 0.05) is 16.8 Å². The van der Waals surface area contributed by atoms with Crippen molar-refractivity contribution in [1.29, 1.82) is 0 Å². The summed E-state index contributed by atoms with van der Waals surface area (Å²) in [6, 6.07) is 15.3. The zero-order valence-electron chi connectivity index (χ0n) is 17.2. The maximum absolute atomic E-state index is 13.0. The molecule has 5 nitrogen and oxygen atoms in total. The molecule has 0 aliphatic carbocycles. The predicted molar refractivity (Wildman–Crippen MR) is 121 cm³/mol. The van der Waals surface area contributed by atoms with E-state index in [1.807, 2.05) is 0 Å². The first kappa shape index (κ1) is 23.1. The van der Waals surface area contributed by atoms with E-state index in [1.165, 1.54) is 42.7 Å². The van der Waals surface area contributed by atoms with E-state index in [-0.39, 0.29) is 33.7 Å². The second-order valence-electron chi connectivity index (χ2n) is 7.10. The second kappa shape index (κ2) is 9.44. The summed E-state index contributed by atoms with van der Waals surface area (Å²) in [7, 11) is 0. The molecule has 0 unspecified atom stereocenters. The summed E-state index contributed by atoms with van der Waals surface area (Å²) in [5, 5.41) is 2.73. The van der Waals surface area contributed by atoms with Gasteiger partial charge >= 0.3 is 6.18 Å². The summed E-state index contributed by atoms with van der Waals surface area (Å²) < 4.78 is 49.6. The number of carbonyl (C=O) groups is 2. The quantitative estimate of drug-likeness (QED) is 0.229. The van der Waals surface area contributed by atoms with Crippen molar-refractivity contribution < 1.29 is 31.6 Å². The van der Waals surface area contributed by atoms with Gasteiger partial charge in [0.2, 0.25) is 0 Å². The molecule has 4 rings (SSSR count). The van der Waals surface area contributed by atoms with Crippen LogP contribution in [0.4, 0.5) is 18.9 Å². The first-order valence-corrected chi connectivity index (χ1v) is 10.2. The summed E-state index contributed by atoms with van der Waals surface area (Å²) in [6.07, 6.45) is -0.501. The molecule has 2 aromatic carbocycles. The molecule has 0 radical (unpaired) electrons. The van der Waals surface area contributed by atoms with Crippen molar-refractivity contribution in [3.63, 3.8) is 0 Å². The minimum Gasteiger partial charge on any atom is -0.459 e. The average molecular weight is 486 g/mol. The highest BCUT2D eigenvalue weighted by Gasteiger charge is 2.31. The first-order chi connectivity index (χ1) is 16.2. The van der Waals surface area contributed by atoms with Gasteiger partial charge in [-0.15, -0.1) is 0 Å². The molecule has 2 heterocycles. The Balaban J connectivity index is 1.48. The molecule has 0 spiro atoms. The second-order valence-corrected chi connectivity index (χ2v) is 7.51. The van der Waals surface area contributed by atoms with E-state index in [0.717, 1.165) is 18.2 Å². The van der Waals surface area contributed by atoms with Crippen molar-refractivity contribution in [2.24, 2.45) is 0 Å². The minimum absolute atomic E-state index is 0.0856. The van der Waals surface area contributed by atoms with Gasteiger partial charge < -0.3 is 14.2 Å². The van der Waals surface area contributed by atoms with Crippen molar-refractivity contribution in [1.82, 2.24) is 0 Å². The van der Waals surface area contributed by atoms with E-state index < -0.39 is 17.6 Å². The number of nitrogens with one attached hydrogen (secondary N) is 1. The van der Waals surface area contributed by atoms with Gasteiger partial charge in [-0.25, -0.2) is 0 Å². The van der Waals surface area contributed by atoms with Gasteiger partial charge in [-0.05, 0) is 66.7 Å². The number of ketones is 1. The number of hydrogen-bond donors (Lipinski definition) is 1. The third-order valence-corrected chi connectivity index (χ3v) is 5.06. The van der Waals surface area contributed by atoms with E-state index >= 15 is 0 Å². The van der Waals surface area contributed by atoms with E-state index in [4.69, 9.17) is 20.4 Å². The van der Waals surface area contributed by atoms with Crippen molar-refractivity contribution in [2.75, 3.05) is 5.32 Å². The van der Waals surface area contributed by atoms with Gasteiger partial charge in [-0.2, -0.15) is 13.2 Å². The molecule has 0 aliphatic heterocycles. The Morgan fingerprint density at radius 2 is 1.79 bits per heavy atom. The molecular weight excluding hydrogens is 471 g/mol. The number of anilines is 1. The lowest BCUT2D eigenvalue weighted by molar-refractivity contribution is -0.137. The lowest BCUT2D eigenvalue weighted by Gasteiger charge is -2.09. The van der Waals surface area contributed by atoms with Crippen LogP contribution in [-0.4, -0.2) is 11.7 Å². The summed E-state index contributed by atoms with van der Waals surface area (Å²) in [5.74, 6) is -0.318. The van der Waals surface area contributed by atoms with Crippen LogP contribution in [0, 0.1) is 0 Å². The lowest BCUT2D eigenvalue weighted by Crippen LogP contribution is -2.11. The number of alkyl halides is 3. The fourth-order valence-electron chi connectivity index (χ4n) is 3.08. The molecular formula is C25H15ClF3NO4. The van der Waals surface area contributed by atoms with Crippen LogP contribution < -0.4 is 5.32 Å². The highest BCUT2D eigenvalue weighted by Crippen LogP contribution is 2.36. The molecule has 0 aliphatic rings. The minimum atomic E-state index is -4.52. The Hall–Kier alpha value is -4.04. The van der Waals surface area contributed by atoms with Crippen LogP contribution in [0.2, 0.25) is 5.02 Å². The number of hydrogen-bond acceptors (Lipinski definition) is 4. The zero-order valence-corrected chi connectivity index (χ0v) is 18.0. The van der Waals surface area contributed by atoms with Crippen molar-refractivity contribution >= 4 is 35.1 Å². The molecule has 0 saturated carbocycles. The van der Waals surface area contributed by atoms with E-state index in [0.29, 0.717) is 11.3 Å². The van der Waals surface area contributed by atoms with Gasteiger partial charge in [0.1, 0.15) is 11.5 Å². The van der Waals surface area contributed by atoms with Gasteiger partial charge in [-0.3, -0.25) is 9.59 Å².